The van der Waals surface area contributed by atoms with Crippen molar-refractivity contribution < 1.29 is 17.7 Å². The van der Waals surface area contributed by atoms with E-state index in [0.29, 0.717) is 37.5 Å². The zero-order valence-electron chi connectivity index (χ0n) is 15.3. The lowest BCUT2D eigenvalue weighted by atomic mass is 10.2. The number of rotatable bonds is 9. The highest BCUT2D eigenvalue weighted by atomic mass is 32.2. The zero-order chi connectivity index (χ0) is 19.3. The van der Waals surface area contributed by atoms with E-state index in [1.54, 1.807) is 0 Å². The number of aryl methyl sites for hydroxylation is 2. The van der Waals surface area contributed by atoms with E-state index in [4.69, 9.17) is 4.52 Å². The maximum absolute atomic E-state index is 12.6. The van der Waals surface area contributed by atoms with E-state index in [1.807, 2.05) is 31.2 Å². The van der Waals surface area contributed by atoms with Crippen molar-refractivity contribution in [3.8, 4) is 0 Å². The van der Waals surface area contributed by atoms with E-state index in [9.17, 15) is 13.2 Å². The number of amides is 1. The van der Waals surface area contributed by atoms with Crippen LogP contribution in [-0.2, 0) is 34.1 Å². The smallest absolute Gasteiger partial charge is 0.236 e. The molecule has 3 rings (SSSR count). The standard InChI is InChI=1S/C18H24N4O4S/c1-2-16-20-18(26-21-16)9-5-8-17(23)19-11-13-27(24,25)22-12-10-14-6-3-4-7-15(14)22/h3-4,6-7H,2,5,8-13H2,1H3,(H,19,23). The molecule has 8 nitrogen and oxygen atoms in total. The van der Waals surface area contributed by atoms with E-state index in [2.05, 4.69) is 15.5 Å². The van der Waals surface area contributed by atoms with E-state index in [0.717, 1.165) is 17.7 Å². The number of nitrogens with zero attached hydrogens (tertiary/aromatic N) is 3. The number of hydrogen-bond acceptors (Lipinski definition) is 6. The Hall–Kier alpha value is -2.42. The van der Waals surface area contributed by atoms with Crippen LogP contribution in [0.3, 0.4) is 0 Å². The summed E-state index contributed by atoms with van der Waals surface area (Å²) in [4.78, 5) is 16.1. The van der Waals surface area contributed by atoms with E-state index >= 15 is 0 Å². The van der Waals surface area contributed by atoms with Gasteiger partial charge in [0, 0.05) is 32.4 Å². The molecule has 0 fully saturated rings. The van der Waals surface area contributed by atoms with Gasteiger partial charge >= 0.3 is 0 Å². The van der Waals surface area contributed by atoms with Crippen LogP contribution in [0.2, 0.25) is 0 Å². The highest BCUT2D eigenvalue weighted by Crippen LogP contribution is 2.29. The third-order valence-electron chi connectivity index (χ3n) is 4.48. The Morgan fingerprint density at radius 2 is 2.15 bits per heavy atom. The predicted octanol–water partition coefficient (Wildman–Crippen LogP) is 1.46. The van der Waals surface area contributed by atoms with Crippen LogP contribution in [0.15, 0.2) is 28.8 Å². The van der Waals surface area contributed by atoms with Crippen LogP contribution < -0.4 is 9.62 Å². The van der Waals surface area contributed by atoms with Crippen molar-refractivity contribution in [3.63, 3.8) is 0 Å². The highest BCUT2D eigenvalue weighted by molar-refractivity contribution is 7.92. The second-order valence-corrected chi connectivity index (χ2v) is 8.44. The normalized spacial score (nSPS) is 13.6. The Morgan fingerprint density at radius 3 is 2.93 bits per heavy atom. The second kappa shape index (κ2) is 8.51. The lowest BCUT2D eigenvalue weighted by Gasteiger charge is -2.19. The molecule has 2 heterocycles. The lowest BCUT2D eigenvalue weighted by molar-refractivity contribution is -0.121. The molecule has 2 aromatic rings. The number of hydrogen-bond donors (Lipinski definition) is 1. The fraction of sp³-hybridized carbons (Fsp3) is 0.500. The van der Waals surface area contributed by atoms with Crippen LogP contribution in [0.25, 0.3) is 0 Å². The SMILES string of the molecule is CCc1noc(CCCC(=O)NCCS(=O)(=O)N2CCc3ccccc32)n1. The summed E-state index contributed by atoms with van der Waals surface area (Å²) in [6.45, 7) is 2.50. The quantitative estimate of drug-likeness (QED) is 0.693. The average molecular weight is 392 g/mol. The van der Waals surface area contributed by atoms with Crippen LogP contribution in [0, 0.1) is 0 Å². The van der Waals surface area contributed by atoms with Crippen LogP contribution in [0.1, 0.15) is 37.0 Å². The number of carbonyl (C=O) groups is 1. The molecule has 0 aliphatic carbocycles. The van der Waals surface area contributed by atoms with Gasteiger partial charge in [-0.05, 0) is 24.5 Å². The molecule has 27 heavy (non-hydrogen) atoms. The van der Waals surface area contributed by atoms with Gasteiger partial charge in [0.1, 0.15) is 0 Å². The Labute approximate surface area is 159 Å². The average Bonchev–Trinajstić information content (AvgIpc) is 3.28. The maximum Gasteiger partial charge on any atom is 0.236 e. The second-order valence-electron chi connectivity index (χ2n) is 6.43. The van der Waals surface area contributed by atoms with Gasteiger partial charge in [-0.15, -0.1) is 0 Å². The van der Waals surface area contributed by atoms with Crippen molar-refractivity contribution in [3.05, 3.63) is 41.5 Å². The number of benzene rings is 1. The number of sulfonamides is 1. The molecule has 0 radical (unpaired) electrons. The fourth-order valence-corrected chi connectivity index (χ4v) is 4.48. The number of aromatic nitrogens is 2. The lowest BCUT2D eigenvalue weighted by Crippen LogP contribution is -2.36. The Morgan fingerprint density at radius 1 is 1.33 bits per heavy atom. The van der Waals surface area contributed by atoms with Crippen molar-refractivity contribution >= 4 is 21.6 Å². The maximum atomic E-state index is 12.6. The molecule has 146 valence electrons. The first-order valence-corrected chi connectivity index (χ1v) is 10.8. The van der Waals surface area contributed by atoms with Crippen molar-refractivity contribution in [1.29, 1.82) is 0 Å². The Kier molecular flexibility index (Phi) is 6.10. The van der Waals surface area contributed by atoms with Crippen molar-refractivity contribution in [2.75, 3.05) is 23.1 Å². The molecule has 1 N–H and O–H groups in total. The van der Waals surface area contributed by atoms with Gasteiger partial charge in [-0.1, -0.05) is 30.3 Å². The first-order valence-electron chi connectivity index (χ1n) is 9.16. The predicted molar refractivity (Wildman–Crippen MR) is 101 cm³/mol. The molecule has 0 atom stereocenters. The molecular weight excluding hydrogens is 368 g/mol. The van der Waals surface area contributed by atoms with Gasteiger partial charge in [-0.3, -0.25) is 9.10 Å². The van der Waals surface area contributed by atoms with Crippen LogP contribution in [-0.4, -0.2) is 43.3 Å². The molecule has 0 saturated heterocycles. The first kappa shape index (κ1) is 19.3. The van der Waals surface area contributed by atoms with Gasteiger partial charge in [-0.25, -0.2) is 8.42 Å². The van der Waals surface area contributed by atoms with Gasteiger partial charge in [0.05, 0.1) is 11.4 Å². The molecule has 0 unspecified atom stereocenters. The van der Waals surface area contributed by atoms with Crippen LogP contribution in [0.4, 0.5) is 5.69 Å². The number of carbonyl (C=O) groups excluding carboxylic acids is 1. The molecule has 1 aliphatic rings. The fourth-order valence-electron chi connectivity index (χ4n) is 3.05. The Bertz CT molecular complexity index is 894. The van der Waals surface area contributed by atoms with Crippen molar-refractivity contribution in [2.45, 2.75) is 39.0 Å². The molecule has 0 bridgehead atoms. The molecule has 1 amide bonds. The number of nitrogens with one attached hydrogen (secondary N) is 1. The molecule has 1 aromatic heterocycles. The minimum absolute atomic E-state index is 0.0976. The summed E-state index contributed by atoms with van der Waals surface area (Å²) in [7, 11) is -3.45. The molecule has 0 spiro atoms. The summed E-state index contributed by atoms with van der Waals surface area (Å²) in [6.07, 6.45) is 2.82. The molecule has 1 aliphatic heterocycles. The summed E-state index contributed by atoms with van der Waals surface area (Å²) >= 11 is 0. The monoisotopic (exact) mass is 392 g/mol. The molecule has 9 heteroatoms. The van der Waals surface area contributed by atoms with Gasteiger partial charge in [0.2, 0.25) is 21.8 Å². The minimum Gasteiger partial charge on any atom is -0.355 e. The van der Waals surface area contributed by atoms with Gasteiger partial charge in [0.15, 0.2) is 5.82 Å². The van der Waals surface area contributed by atoms with Crippen LogP contribution in [0.5, 0.6) is 0 Å². The summed E-state index contributed by atoms with van der Waals surface area (Å²) in [5.74, 6) is 0.886. The minimum atomic E-state index is -3.45. The summed E-state index contributed by atoms with van der Waals surface area (Å²) in [6, 6.07) is 7.51. The first-order chi connectivity index (χ1) is 13.0. The number of anilines is 1. The zero-order valence-corrected chi connectivity index (χ0v) is 16.2. The van der Waals surface area contributed by atoms with Gasteiger partial charge in [-0.2, -0.15) is 4.98 Å². The molecular formula is C18H24N4O4S. The highest BCUT2D eigenvalue weighted by Gasteiger charge is 2.28. The van der Waals surface area contributed by atoms with Gasteiger partial charge < -0.3 is 9.84 Å². The van der Waals surface area contributed by atoms with E-state index in [1.165, 1.54) is 4.31 Å². The molecule has 1 aromatic carbocycles. The largest absolute Gasteiger partial charge is 0.355 e. The Balaban J connectivity index is 1.40. The number of para-hydroxylation sites is 1. The van der Waals surface area contributed by atoms with Crippen LogP contribution >= 0.6 is 0 Å². The number of fused-ring (bicyclic) bond motifs is 1. The van der Waals surface area contributed by atoms with Crippen molar-refractivity contribution in [2.24, 2.45) is 0 Å². The third-order valence-corrected chi connectivity index (χ3v) is 6.25. The molecule has 0 saturated carbocycles. The summed E-state index contributed by atoms with van der Waals surface area (Å²) in [5, 5.41) is 6.48. The third kappa shape index (κ3) is 4.85. The summed E-state index contributed by atoms with van der Waals surface area (Å²) in [5.41, 5.74) is 1.78. The van der Waals surface area contributed by atoms with E-state index in [-0.39, 0.29) is 24.6 Å². The van der Waals surface area contributed by atoms with Gasteiger partial charge in [0.25, 0.3) is 0 Å². The summed E-state index contributed by atoms with van der Waals surface area (Å²) < 4.78 is 31.6. The van der Waals surface area contributed by atoms with Crippen molar-refractivity contribution in [1.82, 2.24) is 15.5 Å². The topological polar surface area (TPSA) is 105 Å². The van der Waals surface area contributed by atoms with E-state index < -0.39 is 10.0 Å².